The van der Waals surface area contributed by atoms with Crippen LogP contribution in [-0.4, -0.2) is 56.2 Å². The third-order valence-corrected chi connectivity index (χ3v) is 4.43. The number of aliphatic hydroxyl groups excluding tert-OH is 1. The van der Waals surface area contributed by atoms with E-state index in [1.807, 2.05) is 0 Å². The predicted molar refractivity (Wildman–Crippen MR) is 60.6 cm³/mol. The van der Waals surface area contributed by atoms with E-state index in [1.165, 1.54) is 0 Å². The molecule has 0 saturated carbocycles. The molecule has 1 N–H and O–H groups in total. The summed E-state index contributed by atoms with van der Waals surface area (Å²) < 4.78 is 22.3. The van der Waals surface area contributed by atoms with Crippen LogP contribution in [-0.2, 0) is 9.84 Å². The van der Waals surface area contributed by atoms with Gasteiger partial charge in [-0.2, -0.15) is 0 Å². The van der Waals surface area contributed by atoms with Gasteiger partial charge in [0.2, 0.25) is 0 Å². The summed E-state index contributed by atoms with van der Waals surface area (Å²) in [5.74, 6) is 0.646. The molecule has 4 nitrogen and oxygen atoms in total. The molecule has 0 spiro atoms. The molecule has 1 heterocycles. The van der Waals surface area contributed by atoms with Gasteiger partial charge in [-0.1, -0.05) is 12.8 Å². The molecule has 0 aliphatic carbocycles. The maximum Gasteiger partial charge on any atom is 0.152 e. The fraction of sp³-hybridized carbons (Fsp3) is 1.00. The quantitative estimate of drug-likeness (QED) is 0.671. The Labute approximate surface area is 92.2 Å². The van der Waals surface area contributed by atoms with Gasteiger partial charge in [0.1, 0.15) is 0 Å². The number of rotatable bonds is 6. The lowest BCUT2D eigenvalue weighted by atomic mass is 10.2. The number of aliphatic hydroxyl groups is 1. The molecule has 1 rings (SSSR count). The molecule has 0 amide bonds. The summed E-state index contributed by atoms with van der Waals surface area (Å²) in [6, 6.07) is 0. The molecule has 1 aliphatic rings. The van der Waals surface area contributed by atoms with Crippen LogP contribution in [0.4, 0.5) is 0 Å². The van der Waals surface area contributed by atoms with Gasteiger partial charge in [0.15, 0.2) is 9.84 Å². The highest BCUT2D eigenvalue weighted by Gasteiger charge is 2.20. The first-order chi connectivity index (χ1) is 7.14. The Bertz CT molecular complexity index is 250. The van der Waals surface area contributed by atoms with Crippen LogP contribution in [0.2, 0.25) is 0 Å². The SMILES string of the molecule is O=S1(=O)CCN(CCCCCCO)CC1. The van der Waals surface area contributed by atoms with Crippen LogP contribution in [0.25, 0.3) is 0 Å². The van der Waals surface area contributed by atoms with Crippen molar-refractivity contribution in [2.24, 2.45) is 0 Å². The van der Waals surface area contributed by atoms with E-state index >= 15 is 0 Å². The molecule has 0 aromatic carbocycles. The third-order valence-electron chi connectivity index (χ3n) is 2.82. The van der Waals surface area contributed by atoms with Crippen LogP contribution in [0.5, 0.6) is 0 Å². The monoisotopic (exact) mass is 235 g/mol. The molecule has 1 fully saturated rings. The van der Waals surface area contributed by atoms with Crippen molar-refractivity contribution in [1.29, 1.82) is 0 Å². The Morgan fingerprint density at radius 3 is 2.20 bits per heavy atom. The second kappa shape index (κ2) is 6.45. The highest BCUT2D eigenvalue weighted by atomic mass is 32.2. The van der Waals surface area contributed by atoms with Crippen LogP contribution >= 0.6 is 0 Å². The Balaban J connectivity index is 2.04. The van der Waals surface area contributed by atoms with E-state index in [0.717, 1.165) is 32.2 Å². The Morgan fingerprint density at radius 1 is 1.00 bits per heavy atom. The molecule has 15 heavy (non-hydrogen) atoms. The van der Waals surface area contributed by atoms with Gasteiger partial charge in [-0.25, -0.2) is 8.42 Å². The van der Waals surface area contributed by atoms with Gasteiger partial charge in [-0.15, -0.1) is 0 Å². The molecular formula is C10H21NO3S. The minimum atomic E-state index is -2.73. The Hall–Kier alpha value is -0.130. The van der Waals surface area contributed by atoms with Crippen LogP contribution in [0.15, 0.2) is 0 Å². The largest absolute Gasteiger partial charge is 0.396 e. The fourth-order valence-corrected chi connectivity index (χ4v) is 3.05. The van der Waals surface area contributed by atoms with Crippen molar-refractivity contribution in [1.82, 2.24) is 4.90 Å². The summed E-state index contributed by atoms with van der Waals surface area (Å²) >= 11 is 0. The average molecular weight is 235 g/mol. The van der Waals surface area contributed by atoms with Gasteiger partial charge in [0, 0.05) is 19.7 Å². The van der Waals surface area contributed by atoms with Crippen molar-refractivity contribution >= 4 is 9.84 Å². The molecule has 1 saturated heterocycles. The van der Waals surface area contributed by atoms with E-state index in [4.69, 9.17) is 5.11 Å². The van der Waals surface area contributed by atoms with Crippen molar-refractivity contribution < 1.29 is 13.5 Å². The van der Waals surface area contributed by atoms with Crippen LogP contribution < -0.4 is 0 Å². The van der Waals surface area contributed by atoms with Crippen LogP contribution in [0.1, 0.15) is 25.7 Å². The van der Waals surface area contributed by atoms with Gasteiger partial charge >= 0.3 is 0 Å². The zero-order chi connectivity index (χ0) is 11.1. The van der Waals surface area contributed by atoms with Crippen LogP contribution in [0.3, 0.4) is 0 Å². The van der Waals surface area contributed by atoms with Gasteiger partial charge in [0.25, 0.3) is 0 Å². The lowest BCUT2D eigenvalue weighted by Crippen LogP contribution is -2.40. The summed E-state index contributed by atoms with van der Waals surface area (Å²) in [5.41, 5.74) is 0. The standard InChI is InChI=1S/C10H21NO3S/c12-8-4-2-1-3-5-11-6-9-15(13,14)10-7-11/h12H,1-10H2. The van der Waals surface area contributed by atoms with E-state index in [2.05, 4.69) is 4.90 Å². The average Bonchev–Trinajstić information content (AvgIpc) is 2.20. The number of unbranched alkanes of at least 4 members (excludes halogenated alkanes) is 3. The van der Waals surface area contributed by atoms with E-state index in [0.29, 0.717) is 24.6 Å². The molecule has 0 aromatic rings. The summed E-state index contributed by atoms with van der Waals surface area (Å²) in [6.45, 7) is 2.67. The molecule has 0 atom stereocenters. The molecule has 90 valence electrons. The van der Waals surface area contributed by atoms with Gasteiger partial charge in [0.05, 0.1) is 11.5 Å². The van der Waals surface area contributed by atoms with Gasteiger partial charge in [-0.3, -0.25) is 0 Å². The van der Waals surface area contributed by atoms with Crippen molar-refractivity contribution in [2.75, 3.05) is 37.7 Å². The van der Waals surface area contributed by atoms with Gasteiger partial charge < -0.3 is 10.0 Å². The normalized spacial score (nSPS) is 21.7. The fourth-order valence-electron chi connectivity index (χ4n) is 1.77. The topological polar surface area (TPSA) is 57.6 Å². The molecule has 0 unspecified atom stereocenters. The summed E-state index contributed by atoms with van der Waals surface area (Å²) in [7, 11) is -2.73. The maximum absolute atomic E-state index is 11.2. The molecule has 0 aromatic heterocycles. The second-order valence-electron chi connectivity index (χ2n) is 4.13. The molecule has 0 bridgehead atoms. The smallest absolute Gasteiger partial charge is 0.152 e. The Morgan fingerprint density at radius 2 is 1.60 bits per heavy atom. The summed E-state index contributed by atoms with van der Waals surface area (Å²) in [5, 5.41) is 8.59. The molecule has 1 aliphatic heterocycles. The molecule has 0 radical (unpaired) electrons. The first-order valence-corrected chi connectivity index (χ1v) is 7.50. The number of hydrogen-bond acceptors (Lipinski definition) is 4. The van der Waals surface area contributed by atoms with Gasteiger partial charge in [-0.05, 0) is 19.4 Å². The second-order valence-corrected chi connectivity index (χ2v) is 6.43. The van der Waals surface area contributed by atoms with Crippen molar-refractivity contribution in [3.05, 3.63) is 0 Å². The van der Waals surface area contributed by atoms with E-state index in [9.17, 15) is 8.42 Å². The predicted octanol–water partition coefficient (Wildman–Crippen LogP) is 0.269. The highest BCUT2D eigenvalue weighted by Crippen LogP contribution is 2.06. The van der Waals surface area contributed by atoms with Crippen molar-refractivity contribution in [3.8, 4) is 0 Å². The minimum Gasteiger partial charge on any atom is -0.396 e. The van der Waals surface area contributed by atoms with E-state index in [-0.39, 0.29) is 6.61 Å². The first-order valence-electron chi connectivity index (χ1n) is 5.68. The highest BCUT2D eigenvalue weighted by molar-refractivity contribution is 7.91. The lowest BCUT2D eigenvalue weighted by Gasteiger charge is -2.26. The first kappa shape index (κ1) is 12.9. The minimum absolute atomic E-state index is 0.280. The number of hydrogen-bond donors (Lipinski definition) is 1. The zero-order valence-electron chi connectivity index (χ0n) is 9.19. The molecular weight excluding hydrogens is 214 g/mol. The zero-order valence-corrected chi connectivity index (χ0v) is 10.0. The third kappa shape index (κ3) is 5.49. The molecule has 5 heteroatoms. The van der Waals surface area contributed by atoms with E-state index in [1.54, 1.807) is 0 Å². The van der Waals surface area contributed by atoms with E-state index < -0.39 is 9.84 Å². The summed E-state index contributed by atoms with van der Waals surface area (Å²) in [6.07, 6.45) is 4.20. The number of nitrogens with zero attached hydrogens (tertiary/aromatic N) is 1. The maximum atomic E-state index is 11.2. The lowest BCUT2D eigenvalue weighted by molar-refractivity contribution is 0.270. The summed E-state index contributed by atoms with van der Waals surface area (Å²) in [4.78, 5) is 2.22. The number of sulfone groups is 1. The Kier molecular flexibility index (Phi) is 5.56. The van der Waals surface area contributed by atoms with Crippen LogP contribution in [0, 0.1) is 0 Å². The van der Waals surface area contributed by atoms with Crippen molar-refractivity contribution in [3.63, 3.8) is 0 Å². The van der Waals surface area contributed by atoms with Crippen molar-refractivity contribution in [2.45, 2.75) is 25.7 Å².